The summed E-state index contributed by atoms with van der Waals surface area (Å²) in [6.45, 7) is 7.70. The first-order chi connectivity index (χ1) is 8.10. The Labute approximate surface area is 121 Å². The van der Waals surface area contributed by atoms with Gasteiger partial charge in [-0.3, -0.25) is 4.98 Å². The van der Waals surface area contributed by atoms with Crippen molar-refractivity contribution in [3.05, 3.63) is 26.9 Å². The van der Waals surface area contributed by atoms with Crippen molar-refractivity contribution in [1.29, 1.82) is 0 Å². The highest BCUT2D eigenvalue weighted by atomic mass is 79.9. The van der Waals surface area contributed by atoms with Gasteiger partial charge in [0.25, 0.3) is 0 Å². The molecule has 1 N–H and O–H groups in total. The molecule has 0 fully saturated rings. The standard InChI is InChI=1S/C13H20Br2N2/c1-4-6-16-12(9(3)5-2)13-11(15)7-10(14)8-17-13/h7-9,12,16H,4-6H2,1-3H3. The molecule has 0 aliphatic carbocycles. The van der Waals surface area contributed by atoms with E-state index < -0.39 is 0 Å². The van der Waals surface area contributed by atoms with E-state index in [1.54, 1.807) is 0 Å². The van der Waals surface area contributed by atoms with Crippen LogP contribution in [0.4, 0.5) is 0 Å². The average molecular weight is 364 g/mol. The van der Waals surface area contributed by atoms with Crippen LogP contribution in [0.2, 0.25) is 0 Å². The molecule has 0 saturated carbocycles. The van der Waals surface area contributed by atoms with Gasteiger partial charge >= 0.3 is 0 Å². The van der Waals surface area contributed by atoms with E-state index in [2.05, 4.69) is 69.0 Å². The molecular weight excluding hydrogens is 344 g/mol. The van der Waals surface area contributed by atoms with Crippen LogP contribution in [0, 0.1) is 5.92 Å². The van der Waals surface area contributed by atoms with Crippen molar-refractivity contribution < 1.29 is 0 Å². The van der Waals surface area contributed by atoms with Gasteiger partial charge in [0.15, 0.2) is 0 Å². The van der Waals surface area contributed by atoms with Gasteiger partial charge in [-0.1, -0.05) is 27.2 Å². The topological polar surface area (TPSA) is 24.9 Å². The van der Waals surface area contributed by atoms with Crippen LogP contribution in [0.25, 0.3) is 0 Å². The first-order valence-corrected chi connectivity index (χ1v) is 7.73. The van der Waals surface area contributed by atoms with Crippen molar-refractivity contribution in [3.63, 3.8) is 0 Å². The summed E-state index contributed by atoms with van der Waals surface area (Å²) >= 11 is 7.04. The van der Waals surface area contributed by atoms with Crippen LogP contribution in [0.1, 0.15) is 45.3 Å². The molecule has 1 heterocycles. The molecule has 0 aliphatic heterocycles. The van der Waals surface area contributed by atoms with E-state index in [-0.39, 0.29) is 0 Å². The van der Waals surface area contributed by atoms with E-state index in [0.29, 0.717) is 12.0 Å². The Hall–Kier alpha value is 0.0700. The Balaban J connectivity index is 2.95. The predicted octanol–water partition coefficient (Wildman–Crippen LogP) is 4.69. The highest BCUT2D eigenvalue weighted by Crippen LogP contribution is 2.30. The van der Waals surface area contributed by atoms with Gasteiger partial charge in [0.1, 0.15) is 0 Å². The summed E-state index contributed by atoms with van der Waals surface area (Å²) in [7, 11) is 0. The fourth-order valence-electron chi connectivity index (χ4n) is 1.76. The lowest BCUT2D eigenvalue weighted by Gasteiger charge is -2.24. The number of aromatic nitrogens is 1. The van der Waals surface area contributed by atoms with Gasteiger partial charge < -0.3 is 5.32 Å². The largest absolute Gasteiger partial charge is 0.308 e. The summed E-state index contributed by atoms with van der Waals surface area (Å²) < 4.78 is 2.08. The van der Waals surface area contributed by atoms with Crippen molar-refractivity contribution >= 4 is 31.9 Å². The van der Waals surface area contributed by atoms with E-state index in [1.165, 1.54) is 0 Å². The minimum Gasteiger partial charge on any atom is -0.308 e. The molecular formula is C13H20Br2N2. The van der Waals surface area contributed by atoms with Gasteiger partial charge in [-0.25, -0.2) is 0 Å². The number of pyridine rings is 1. The molecule has 17 heavy (non-hydrogen) atoms. The van der Waals surface area contributed by atoms with Gasteiger partial charge in [-0.15, -0.1) is 0 Å². The van der Waals surface area contributed by atoms with E-state index in [9.17, 15) is 0 Å². The zero-order chi connectivity index (χ0) is 12.8. The third kappa shape index (κ3) is 4.34. The van der Waals surface area contributed by atoms with Crippen molar-refractivity contribution in [1.82, 2.24) is 10.3 Å². The normalized spacial score (nSPS) is 14.6. The number of nitrogens with zero attached hydrogens (tertiary/aromatic N) is 1. The maximum Gasteiger partial charge on any atom is 0.0718 e. The van der Waals surface area contributed by atoms with Crippen LogP contribution in [-0.4, -0.2) is 11.5 Å². The number of rotatable bonds is 6. The van der Waals surface area contributed by atoms with Gasteiger partial charge in [0.05, 0.1) is 11.7 Å². The number of nitrogens with one attached hydrogen (secondary N) is 1. The summed E-state index contributed by atoms with van der Waals surface area (Å²) in [5.74, 6) is 0.575. The van der Waals surface area contributed by atoms with Crippen molar-refractivity contribution in [3.8, 4) is 0 Å². The average Bonchev–Trinajstić information content (AvgIpc) is 2.31. The summed E-state index contributed by atoms with van der Waals surface area (Å²) in [6.07, 6.45) is 4.15. The molecule has 0 aromatic carbocycles. The van der Waals surface area contributed by atoms with Crippen LogP contribution in [0.15, 0.2) is 21.2 Å². The molecule has 1 aromatic rings. The fraction of sp³-hybridized carbons (Fsp3) is 0.615. The van der Waals surface area contributed by atoms with Crippen LogP contribution in [-0.2, 0) is 0 Å². The smallest absolute Gasteiger partial charge is 0.0718 e. The summed E-state index contributed by atoms with van der Waals surface area (Å²) in [4.78, 5) is 4.54. The lowest BCUT2D eigenvalue weighted by Crippen LogP contribution is -2.28. The van der Waals surface area contributed by atoms with Crippen molar-refractivity contribution in [2.75, 3.05) is 6.54 Å². The van der Waals surface area contributed by atoms with Crippen molar-refractivity contribution in [2.24, 2.45) is 5.92 Å². The molecule has 0 amide bonds. The maximum atomic E-state index is 4.54. The van der Waals surface area contributed by atoms with Crippen LogP contribution in [0.3, 0.4) is 0 Å². The first kappa shape index (κ1) is 15.1. The monoisotopic (exact) mass is 362 g/mol. The maximum absolute atomic E-state index is 4.54. The van der Waals surface area contributed by atoms with E-state index in [0.717, 1.165) is 34.0 Å². The number of hydrogen-bond acceptors (Lipinski definition) is 2. The molecule has 2 atom stereocenters. The number of halogens is 2. The van der Waals surface area contributed by atoms with Gasteiger partial charge in [0.2, 0.25) is 0 Å². The summed E-state index contributed by atoms with van der Waals surface area (Å²) in [6, 6.07) is 2.38. The lowest BCUT2D eigenvalue weighted by atomic mass is 9.95. The number of hydrogen-bond donors (Lipinski definition) is 1. The quantitative estimate of drug-likeness (QED) is 0.792. The molecule has 2 unspecified atom stereocenters. The fourth-order valence-corrected chi connectivity index (χ4v) is 2.99. The minimum atomic E-state index is 0.322. The predicted molar refractivity (Wildman–Crippen MR) is 80.1 cm³/mol. The molecule has 0 saturated heterocycles. The molecule has 0 aliphatic rings. The molecule has 1 aromatic heterocycles. The van der Waals surface area contributed by atoms with Gasteiger partial charge in [-0.05, 0) is 56.8 Å². The highest BCUT2D eigenvalue weighted by Gasteiger charge is 2.20. The summed E-state index contributed by atoms with van der Waals surface area (Å²) in [5, 5.41) is 3.59. The molecule has 2 nitrogen and oxygen atoms in total. The van der Waals surface area contributed by atoms with Gasteiger partial charge in [-0.2, -0.15) is 0 Å². The minimum absolute atomic E-state index is 0.322. The second-order valence-electron chi connectivity index (χ2n) is 4.34. The van der Waals surface area contributed by atoms with Crippen molar-refractivity contribution in [2.45, 2.75) is 39.7 Å². The molecule has 4 heteroatoms. The second-order valence-corrected chi connectivity index (χ2v) is 6.11. The Morgan fingerprint density at radius 1 is 1.35 bits per heavy atom. The zero-order valence-corrected chi connectivity index (χ0v) is 13.8. The SMILES string of the molecule is CCCNC(c1ncc(Br)cc1Br)C(C)CC. The Bertz CT molecular complexity index is 355. The van der Waals surface area contributed by atoms with Crippen LogP contribution in [0.5, 0.6) is 0 Å². The first-order valence-electron chi connectivity index (χ1n) is 6.14. The second kappa shape index (κ2) is 7.49. The molecule has 96 valence electrons. The Kier molecular flexibility index (Phi) is 6.67. The molecule has 0 spiro atoms. The van der Waals surface area contributed by atoms with E-state index in [1.807, 2.05) is 6.20 Å². The molecule has 0 bridgehead atoms. The van der Waals surface area contributed by atoms with E-state index in [4.69, 9.17) is 0 Å². The molecule has 1 rings (SSSR count). The van der Waals surface area contributed by atoms with Crippen LogP contribution >= 0.6 is 31.9 Å². The lowest BCUT2D eigenvalue weighted by molar-refractivity contribution is 0.369. The zero-order valence-electron chi connectivity index (χ0n) is 10.6. The Morgan fingerprint density at radius 3 is 2.59 bits per heavy atom. The summed E-state index contributed by atoms with van der Waals surface area (Å²) in [5.41, 5.74) is 1.11. The van der Waals surface area contributed by atoms with E-state index >= 15 is 0 Å². The molecule has 0 radical (unpaired) electrons. The van der Waals surface area contributed by atoms with Crippen LogP contribution < -0.4 is 5.32 Å². The third-order valence-corrected chi connectivity index (χ3v) is 4.03. The Morgan fingerprint density at radius 2 is 2.06 bits per heavy atom. The highest BCUT2D eigenvalue weighted by molar-refractivity contribution is 9.11. The third-order valence-electron chi connectivity index (χ3n) is 2.96. The van der Waals surface area contributed by atoms with Gasteiger partial charge in [0, 0.05) is 15.1 Å².